The second kappa shape index (κ2) is 9.44. The van der Waals surface area contributed by atoms with Crippen molar-refractivity contribution in [1.82, 2.24) is 14.8 Å². The number of fused-ring (bicyclic) bond motifs is 2. The average molecular weight is 471 g/mol. The smallest absolute Gasteiger partial charge is 0.361 e. The van der Waals surface area contributed by atoms with Crippen LogP contribution in [0.3, 0.4) is 0 Å². The van der Waals surface area contributed by atoms with Crippen LogP contribution in [0, 0.1) is 12.7 Å². The second-order valence-corrected chi connectivity index (χ2v) is 8.33. The van der Waals surface area contributed by atoms with E-state index in [0.717, 1.165) is 23.8 Å². The summed E-state index contributed by atoms with van der Waals surface area (Å²) in [6.07, 6.45) is 3.78. The molecule has 178 valence electrons. The van der Waals surface area contributed by atoms with Gasteiger partial charge in [-0.15, -0.1) is 0 Å². The highest BCUT2D eigenvalue weighted by Gasteiger charge is 2.32. The Labute approximate surface area is 195 Å². The van der Waals surface area contributed by atoms with Crippen molar-refractivity contribution in [2.45, 2.75) is 52.4 Å². The van der Waals surface area contributed by atoms with E-state index < -0.39 is 11.7 Å². The average Bonchev–Trinajstić information content (AvgIpc) is 3.34. The molecule has 1 atom stereocenters. The van der Waals surface area contributed by atoms with E-state index in [2.05, 4.69) is 15.4 Å². The second-order valence-electron chi connectivity index (χ2n) is 8.33. The van der Waals surface area contributed by atoms with Crippen molar-refractivity contribution in [3.63, 3.8) is 0 Å². The number of allylic oxidation sites excluding steroid dienone is 6. The molecule has 4 nitrogen and oxygen atoms in total. The molecule has 0 saturated heterocycles. The van der Waals surface area contributed by atoms with Crippen LogP contribution in [-0.4, -0.2) is 20.9 Å². The maximum atomic E-state index is 14.4. The van der Waals surface area contributed by atoms with Crippen molar-refractivity contribution in [1.29, 1.82) is 0 Å². The van der Waals surface area contributed by atoms with Crippen LogP contribution in [0.25, 0.3) is 16.3 Å². The molecule has 0 fully saturated rings. The van der Waals surface area contributed by atoms with Crippen LogP contribution >= 0.6 is 0 Å². The van der Waals surface area contributed by atoms with E-state index in [-0.39, 0.29) is 18.3 Å². The molecule has 1 aliphatic heterocycles. The lowest BCUT2D eigenvalue weighted by molar-refractivity contribution is -0.0883. The minimum absolute atomic E-state index is 0.150. The van der Waals surface area contributed by atoms with Gasteiger partial charge in [-0.25, -0.2) is 9.37 Å². The van der Waals surface area contributed by atoms with Crippen LogP contribution < -0.4 is 5.32 Å². The van der Waals surface area contributed by atoms with E-state index in [9.17, 15) is 17.6 Å². The third-order valence-corrected chi connectivity index (χ3v) is 5.79. The number of hydrogen-bond acceptors (Lipinski definition) is 3. The minimum Gasteiger partial charge on any atom is -0.361 e. The Balaban J connectivity index is 1.69. The Morgan fingerprint density at radius 1 is 1.24 bits per heavy atom. The summed E-state index contributed by atoms with van der Waals surface area (Å²) in [5.41, 5.74) is 1.81. The van der Waals surface area contributed by atoms with E-state index in [1.807, 2.05) is 19.1 Å². The highest BCUT2D eigenvalue weighted by molar-refractivity contribution is 5.92. The first-order valence-corrected chi connectivity index (χ1v) is 11.2. The van der Waals surface area contributed by atoms with Crippen LogP contribution in [-0.2, 0) is 6.54 Å². The Morgan fingerprint density at radius 3 is 2.74 bits per heavy atom. The fraction of sp³-hybridized carbons (Fsp3) is 0.308. The first-order valence-electron chi connectivity index (χ1n) is 11.2. The first-order chi connectivity index (χ1) is 16.2. The quantitative estimate of drug-likeness (QED) is 0.304. The molecule has 8 heteroatoms. The summed E-state index contributed by atoms with van der Waals surface area (Å²) >= 11 is 0. The Kier molecular flexibility index (Phi) is 6.59. The molecule has 2 aromatic heterocycles. The molecule has 0 amide bonds. The highest BCUT2D eigenvalue weighted by atomic mass is 19.4. The van der Waals surface area contributed by atoms with Crippen molar-refractivity contribution in [3.8, 4) is 0 Å². The number of nitrogens with zero attached hydrogens (tertiary/aromatic N) is 3. The number of aryl methyl sites for hydroxylation is 2. The molecule has 0 aliphatic carbocycles. The van der Waals surface area contributed by atoms with Crippen molar-refractivity contribution < 1.29 is 17.6 Å². The fourth-order valence-corrected chi connectivity index (χ4v) is 4.26. The summed E-state index contributed by atoms with van der Waals surface area (Å²) in [5, 5.41) is 9.14. The number of anilines is 1. The highest BCUT2D eigenvalue weighted by Crippen LogP contribution is 2.35. The molecule has 3 aromatic rings. The molecule has 4 rings (SSSR count). The molecule has 0 spiro atoms. The number of benzene rings is 1. The predicted molar refractivity (Wildman–Crippen MR) is 127 cm³/mol. The van der Waals surface area contributed by atoms with E-state index in [4.69, 9.17) is 0 Å². The lowest BCUT2D eigenvalue weighted by atomic mass is 10.0. The topological polar surface area (TPSA) is 42.7 Å². The molecule has 0 bridgehead atoms. The molecule has 1 unspecified atom stereocenters. The Hall–Kier alpha value is -3.42. The SMILES string of the molecule is C\C=C/C(=C\C(=C\CC)C(F)(F)F)c1cc2n(n1)CCC2Nc1nccc2c(F)cc(C)cc12. The van der Waals surface area contributed by atoms with Crippen LogP contribution in [0.2, 0.25) is 0 Å². The molecular weight excluding hydrogens is 444 g/mol. The van der Waals surface area contributed by atoms with Crippen molar-refractivity contribution in [3.05, 3.63) is 83.1 Å². The fourth-order valence-electron chi connectivity index (χ4n) is 4.26. The van der Waals surface area contributed by atoms with Gasteiger partial charge in [-0.2, -0.15) is 18.3 Å². The maximum Gasteiger partial charge on any atom is 0.416 e. The summed E-state index contributed by atoms with van der Waals surface area (Å²) in [6, 6.07) is 6.68. The van der Waals surface area contributed by atoms with Crippen LogP contribution in [0.5, 0.6) is 0 Å². The lowest BCUT2D eigenvalue weighted by Gasteiger charge is -2.15. The molecule has 1 aromatic carbocycles. The summed E-state index contributed by atoms with van der Waals surface area (Å²) in [7, 11) is 0. The van der Waals surface area contributed by atoms with Crippen molar-refractivity contribution in [2.24, 2.45) is 0 Å². The number of halogens is 4. The van der Waals surface area contributed by atoms with Gasteiger partial charge in [0, 0.05) is 29.1 Å². The van der Waals surface area contributed by atoms with Gasteiger partial charge in [0.15, 0.2) is 0 Å². The monoisotopic (exact) mass is 470 g/mol. The van der Waals surface area contributed by atoms with Crippen LogP contribution in [0.4, 0.5) is 23.4 Å². The third-order valence-electron chi connectivity index (χ3n) is 5.79. The molecule has 0 saturated carbocycles. The normalized spacial score (nSPS) is 17.1. The van der Waals surface area contributed by atoms with Gasteiger partial charge >= 0.3 is 6.18 Å². The van der Waals surface area contributed by atoms with E-state index in [1.165, 1.54) is 12.1 Å². The van der Waals surface area contributed by atoms with Gasteiger partial charge in [-0.1, -0.05) is 25.2 Å². The summed E-state index contributed by atoms with van der Waals surface area (Å²) in [5.74, 6) is 0.261. The number of alkyl halides is 3. The first kappa shape index (κ1) is 23.7. The third kappa shape index (κ3) is 4.76. The van der Waals surface area contributed by atoms with Gasteiger partial charge in [0.05, 0.1) is 23.0 Å². The Bertz CT molecular complexity index is 1300. The molecule has 34 heavy (non-hydrogen) atoms. The summed E-state index contributed by atoms with van der Waals surface area (Å²) < 4.78 is 56.6. The van der Waals surface area contributed by atoms with Gasteiger partial charge in [0.2, 0.25) is 0 Å². The summed E-state index contributed by atoms with van der Waals surface area (Å²) in [6.45, 7) is 5.87. The predicted octanol–water partition coefficient (Wildman–Crippen LogP) is 7.29. The standard InChI is InChI=1S/C26H26F4N4/c1-4-6-17(14-18(7-5-2)26(28,29)30)23-15-24-22(9-11-34(24)33-23)32-25-20-12-16(3)13-21(27)19(20)8-10-31-25/h4,6-8,10,12-15,22H,5,9,11H2,1-3H3,(H,31,32)/b6-4-,17-14+,18-7-. The van der Waals surface area contributed by atoms with Gasteiger partial charge in [0.1, 0.15) is 11.6 Å². The molecule has 1 aliphatic rings. The summed E-state index contributed by atoms with van der Waals surface area (Å²) in [4.78, 5) is 4.42. The zero-order valence-electron chi connectivity index (χ0n) is 19.2. The molecular formula is C26H26F4N4. The van der Waals surface area contributed by atoms with Gasteiger partial charge in [-0.05, 0) is 62.6 Å². The minimum atomic E-state index is -4.44. The van der Waals surface area contributed by atoms with Crippen molar-refractivity contribution in [2.75, 3.05) is 5.32 Å². The van der Waals surface area contributed by atoms with E-state index >= 15 is 0 Å². The maximum absolute atomic E-state index is 14.4. The van der Waals surface area contributed by atoms with Gasteiger partial charge < -0.3 is 5.32 Å². The number of pyridine rings is 1. The zero-order chi connectivity index (χ0) is 24.5. The largest absolute Gasteiger partial charge is 0.416 e. The molecule has 0 radical (unpaired) electrons. The van der Waals surface area contributed by atoms with Gasteiger partial charge in [0.25, 0.3) is 0 Å². The van der Waals surface area contributed by atoms with Crippen molar-refractivity contribution >= 4 is 22.2 Å². The van der Waals surface area contributed by atoms with Crippen LogP contribution in [0.15, 0.2) is 60.3 Å². The van der Waals surface area contributed by atoms with Gasteiger partial charge in [-0.3, -0.25) is 4.68 Å². The molecule has 1 N–H and O–H groups in total. The zero-order valence-corrected chi connectivity index (χ0v) is 19.2. The number of rotatable bonds is 6. The number of nitrogens with one attached hydrogen (secondary N) is 1. The number of hydrogen-bond donors (Lipinski definition) is 1. The molecule has 3 heterocycles. The van der Waals surface area contributed by atoms with Crippen LogP contribution in [0.1, 0.15) is 49.7 Å². The van der Waals surface area contributed by atoms with E-state index in [0.29, 0.717) is 34.4 Å². The van der Waals surface area contributed by atoms with E-state index in [1.54, 1.807) is 42.9 Å². The Morgan fingerprint density at radius 2 is 2.03 bits per heavy atom. The number of aromatic nitrogens is 3. The lowest BCUT2D eigenvalue weighted by Crippen LogP contribution is -2.10.